The van der Waals surface area contributed by atoms with Gasteiger partial charge in [-0.2, -0.15) is 0 Å². The molecule has 19 heavy (non-hydrogen) atoms. The average Bonchev–Trinajstić information content (AvgIpc) is 3.16. The Labute approximate surface area is 112 Å². The SMILES string of the molecule is COc1ccc(C2(C)CN=C(N)N2C2CC2)cc1F. The molecule has 102 valence electrons. The lowest BCUT2D eigenvalue weighted by Crippen LogP contribution is -2.48. The van der Waals surface area contributed by atoms with E-state index >= 15 is 0 Å². The number of rotatable bonds is 3. The normalized spacial score (nSPS) is 26.5. The lowest BCUT2D eigenvalue weighted by molar-refractivity contribution is 0.215. The fourth-order valence-electron chi connectivity index (χ4n) is 2.79. The molecule has 1 saturated carbocycles. The fraction of sp³-hybridized carbons (Fsp3) is 0.500. The predicted octanol–water partition coefficient (Wildman–Crippen LogP) is 1.84. The van der Waals surface area contributed by atoms with Crippen LogP contribution in [-0.2, 0) is 5.54 Å². The molecular formula is C14H18FN3O. The fourth-order valence-corrected chi connectivity index (χ4v) is 2.79. The van der Waals surface area contributed by atoms with Crippen LogP contribution in [0.25, 0.3) is 0 Å². The van der Waals surface area contributed by atoms with Crippen molar-refractivity contribution in [2.24, 2.45) is 10.7 Å². The first-order valence-electron chi connectivity index (χ1n) is 6.49. The molecule has 1 aromatic carbocycles. The molecule has 1 heterocycles. The highest BCUT2D eigenvalue weighted by Gasteiger charge is 2.47. The van der Waals surface area contributed by atoms with Gasteiger partial charge in [-0.05, 0) is 37.5 Å². The molecule has 1 aliphatic carbocycles. The van der Waals surface area contributed by atoms with Crippen LogP contribution in [0.5, 0.6) is 5.75 Å². The quantitative estimate of drug-likeness (QED) is 0.905. The van der Waals surface area contributed by atoms with Gasteiger partial charge in [-0.1, -0.05) is 6.07 Å². The van der Waals surface area contributed by atoms with Gasteiger partial charge in [0.15, 0.2) is 17.5 Å². The monoisotopic (exact) mass is 263 g/mol. The Morgan fingerprint density at radius 3 is 2.79 bits per heavy atom. The van der Waals surface area contributed by atoms with Crippen LogP contribution >= 0.6 is 0 Å². The number of halogens is 1. The van der Waals surface area contributed by atoms with Crippen molar-refractivity contribution >= 4 is 5.96 Å². The van der Waals surface area contributed by atoms with Gasteiger partial charge < -0.3 is 15.4 Å². The molecule has 0 aromatic heterocycles. The summed E-state index contributed by atoms with van der Waals surface area (Å²) in [5.74, 6) is 0.487. The zero-order valence-electron chi connectivity index (χ0n) is 11.2. The maximum atomic E-state index is 13.9. The van der Waals surface area contributed by atoms with Gasteiger partial charge in [0.1, 0.15) is 0 Å². The van der Waals surface area contributed by atoms with Gasteiger partial charge >= 0.3 is 0 Å². The highest BCUT2D eigenvalue weighted by molar-refractivity contribution is 5.82. The number of benzene rings is 1. The average molecular weight is 263 g/mol. The molecule has 0 bridgehead atoms. The molecule has 2 N–H and O–H groups in total. The number of nitrogens with two attached hydrogens (primary N) is 1. The molecule has 1 aromatic rings. The van der Waals surface area contributed by atoms with Crippen molar-refractivity contribution in [1.29, 1.82) is 0 Å². The van der Waals surface area contributed by atoms with Gasteiger partial charge in [0.25, 0.3) is 0 Å². The van der Waals surface area contributed by atoms with E-state index in [0.717, 1.165) is 18.4 Å². The number of methoxy groups -OCH3 is 1. The summed E-state index contributed by atoms with van der Waals surface area (Å²) >= 11 is 0. The smallest absolute Gasteiger partial charge is 0.192 e. The third kappa shape index (κ3) is 1.84. The lowest BCUT2D eigenvalue weighted by Gasteiger charge is -2.37. The second-order valence-corrected chi connectivity index (χ2v) is 5.40. The Kier molecular flexibility index (Phi) is 2.66. The van der Waals surface area contributed by atoms with Crippen molar-refractivity contribution in [2.45, 2.75) is 31.3 Å². The third-order valence-corrected chi connectivity index (χ3v) is 4.01. The topological polar surface area (TPSA) is 50.9 Å². The Balaban J connectivity index is 1.98. The van der Waals surface area contributed by atoms with E-state index in [9.17, 15) is 4.39 Å². The number of guanidine groups is 1. The van der Waals surface area contributed by atoms with Crippen LogP contribution in [0.15, 0.2) is 23.2 Å². The Morgan fingerprint density at radius 1 is 1.47 bits per heavy atom. The van der Waals surface area contributed by atoms with E-state index in [1.807, 2.05) is 6.07 Å². The summed E-state index contributed by atoms with van der Waals surface area (Å²) in [5, 5.41) is 0. The van der Waals surface area contributed by atoms with Crippen LogP contribution in [0.1, 0.15) is 25.3 Å². The minimum Gasteiger partial charge on any atom is -0.494 e. The first-order chi connectivity index (χ1) is 9.06. The van der Waals surface area contributed by atoms with E-state index in [1.165, 1.54) is 13.2 Å². The molecule has 3 rings (SSSR count). The predicted molar refractivity (Wildman–Crippen MR) is 71.7 cm³/mol. The molecule has 2 aliphatic rings. The molecule has 4 nitrogen and oxygen atoms in total. The van der Waals surface area contributed by atoms with E-state index in [0.29, 0.717) is 18.5 Å². The van der Waals surface area contributed by atoms with Crippen LogP contribution in [0, 0.1) is 5.82 Å². The molecule has 5 heteroatoms. The van der Waals surface area contributed by atoms with Gasteiger partial charge in [0.2, 0.25) is 0 Å². The molecule has 1 fully saturated rings. The van der Waals surface area contributed by atoms with E-state index < -0.39 is 0 Å². The van der Waals surface area contributed by atoms with E-state index in [4.69, 9.17) is 10.5 Å². The second-order valence-electron chi connectivity index (χ2n) is 5.40. The van der Waals surface area contributed by atoms with Gasteiger partial charge in [-0.15, -0.1) is 0 Å². The second kappa shape index (κ2) is 4.11. The summed E-state index contributed by atoms with van der Waals surface area (Å²) in [5.41, 5.74) is 6.53. The van der Waals surface area contributed by atoms with E-state index in [-0.39, 0.29) is 17.1 Å². The van der Waals surface area contributed by atoms with Crippen molar-refractivity contribution in [3.63, 3.8) is 0 Å². The highest BCUT2D eigenvalue weighted by atomic mass is 19.1. The van der Waals surface area contributed by atoms with Gasteiger partial charge in [-0.25, -0.2) is 4.39 Å². The summed E-state index contributed by atoms with van der Waals surface area (Å²) < 4.78 is 18.9. The third-order valence-electron chi connectivity index (χ3n) is 4.01. The maximum absolute atomic E-state index is 13.9. The minimum absolute atomic E-state index is 0.261. The van der Waals surface area contributed by atoms with Crippen LogP contribution in [0.2, 0.25) is 0 Å². The molecular weight excluding hydrogens is 245 g/mol. The molecule has 0 saturated heterocycles. The van der Waals surface area contributed by atoms with Gasteiger partial charge in [0, 0.05) is 6.04 Å². The number of aliphatic imine (C=N–C) groups is 1. The summed E-state index contributed by atoms with van der Waals surface area (Å²) in [6.45, 7) is 2.64. The Morgan fingerprint density at radius 2 is 2.21 bits per heavy atom. The molecule has 0 spiro atoms. The lowest BCUT2D eigenvalue weighted by atomic mass is 9.90. The van der Waals surface area contributed by atoms with Crippen LogP contribution in [0.3, 0.4) is 0 Å². The highest BCUT2D eigenvalue weighted by Crippen LogP contribution is 2.41. The molecule has 1 atom stereocenters. The molecule has 1 unspecified atom stereocenters. The maximum Gasteiger partial charge on any atom is 0.192 e. The zero-order valence-corrected chi connectivity index (χ0v) is 11.2. The van der Waals surface area contributed by atoms with Gasteiger partial charge in [-0.3, -0.25) is 4.99 Å². The standard InChI is InChI=1S/C14H18FN3O/c1-14(8-17-13(16)18(14)10-4-5-10)9-3-6-12(19-2)11(15)7-9/h3,6-7,10H,4-5,8H2,1-2H3,(H2,16,17). The van der Waals surface area contributed by atoms with E-state index in [1.54, 1.807) is 6.07 Å². The Hall–Kier alpha value is -1.78. The van der Waals surface area contributed by atoms with Crippen LogP contribution < -0.4 is 10.5 Å². The number of ether oxygens (including phenoxy) is 1. The minimum atomic E-state index is -0.349. The number of hydrogen-bond acceptors (Lipinski definition) is 4. The van der Waals surface area contributed by atoms with Crippen molar-refractivity contribution in [3.8, 4) is 5.75 Å². The van der Waals surface area contributed by atoms with Gasteiger partial charge in [0.05, 0.1) is 19.2 Å². The summed E-state index contributed by atoms with van der Waals surface area (Å²) in [7, 11) is 1.47. The van der Waals surface area contributed by atoms with Crippen LogP contribution in [-0.4, -0.2) is 30.6 Å². The van der Waals surface area contributed by atoms with Crippen molar-refractivity contribution < 1.29 is 9.13 Å². The first kappa shape index (κ1) is 12.3. The van der Waals surface area contributed by atoms with Crippen molar-refractivity contribution in [1.82, 2.24) is 4.90 Å². The molecule has 0 radical (unpaired) electrons. The molecule has 0 amide bonds. The number of hydrogen-bond donors (Lipinski definition) is 1. The first-order valence-corrected chi connectivity index (χ1v) is 6.49. The number of nitrogens with zero attached hydrogens (tertiary/aromatic N) is 2. The molecule has 1 aliphatic heterocycles. The Bertz CT molecular complexity index is 541. The summed E-state index contributed by atoms with van der Waals surface area (Å²) in [6.07, 6.45) is 2.26. The van der Waals surface area contributed by atoms with Crippen molar-refractivity contribution in [3.05, 3.63) is 29.6 Å². The van der Waals surface area contributed by atoms with E-state index in [2.05, 4.69) is 16.8 Å². The zero-order chi connectivity index (χ0) is 13.6. The largest absolute Gasteiger partial charge is 0.494 e. The summed E-state index contributed by atoms with van der Waals surface area (Å²) in [6, 6.07) is 5.53. The summed E-state index contributed by atoms with van der Waals surface area (Å²) in [4.78, 5) is 6.48. The van der Waals surface area contributed by atoms with Crippen molar-refractivity contribution in [2.75, 3.05) is 13.7 Å². The van der Waals surface area contributed by atoms with Crippen LogP contribution in [0.4, 0.5) is 4.39 Å².